The molecule has 0 radical (unpaired) electrons. The van der Waals surface area contributed by atoms with Gasteiger partial charge in [0.1, 0.15) is 11.5 Å². The Morgan fingerprint density at radius 3 is 2.61 bits per heavy atom. The van der Waals surface area contributed by atoms with Gasteiger partial charge in [0.2, 0.25) is 0 Å². The highest BCUT2D eigenvalue weighted by atomic mass is 16.5. The van der Waals surface area contributed by atoms with Gasteiger partial charge >= 0.3 is 0 Å². The minimum absolute atomic E-state index is 0.0755. The van der Waals surface area contributed by atoms with Crippen molar-refractivity contribution >= 4 is 12.2 Å². The SMILES string of the molecule is COCCc1ncc(Cc2cc(O)c(C=O)c(O)c2)cc1C(=O)N1CCCC[C@H]1CO. The minimum Gasteiger partial charge on any atom is -0.507 e. The second kappa shape index (κ2) is 10.4. The van der Waals surface area contributed by atoms with Crippen LogP contribution in [0.1, 0.15) is 56.8 Å². The van der Waals surface area contributed by atoms with E-state index in [0.717, 1.165) is 24.8 Å². The number of methoxy groups -OCH3 is 1. The molecule has 0 bridgehead atoms. The molecule has 0 spiro atoms. The molecule has 1 aliphatic heterocycles. The molecule has 31 heavy (non-hydrogen) atoms. The first-order valence-corrected chi connectivity index (χ1v) is 10.4. The number of carbonyl (C=O) groups excluding carboxylic acids is 2. The predicted molar refractivity (Wildman–Crippen MR) is 114 cm³/mol. The Labute approximate surface area is 181 Å². The monoisotopic (exact) mass is 428 g/mol. The average molecular weight is 428 g/mol. The summed E-state index contributed by atoms with van der Waals surface area (Å²) >= 11 is 0. The number of aliphatic hydroxyl groups excluding tert-OH is 1. The molecule has 1 aromatic heterocycles. The van der Waals surface area contributed by atoms with E-state index in [0.29, 0.717) is 49.1 Å². The highest BCUT2D eigenvalue weighted by molar-refractivity contribution is 5.95. The summed E-state index contributed by atoms with van der Waals surface area (Å²) in [4.78, 5) is 30.5. The lowest BCUT2D eigenvalue weighted by Crippen LogP contribution is -2.46. The number of nitrogens with zero attached hydrogens (tertiary/aromatic N) is 2. The normalized spacial score (nSPS) is 16.3. The van der Waals surface area contributed by atoms with E-state index in [-0.39, 0.29) is 35.6 Å². The maximum atomic E-state index is 13.4. The largest absolute Gasteiger partial charge is 0.507 e. The van der Waals surface area contributed by atoms with Crippen LogP contribution in [0.4, 0.5) is 0 Å². The quantitative estimate of drug-likeness (QED) is 0.551. The molecule has 1 aliphatic rings. The predicted octanol–water partition coefficient (Wildman–Crippen LogP) is 2.07. The Morgan fingerprint density at radius 2 is 1.97 bits per heavy atom. The Balaban J connectivity index is 1.93. The smallest absolute Gasteiger partial charge is 0.256 e. The van der Waals surface area contributed by atoms with Crippen LogP contribution in [0.2, 0.25) is 0 Å². The van der Waals surface area contributed by atoms with E-state index in [1.807, 2.05) is 0 Å². The van der Waals surface area contributed by atoms with Gasteiger partial charge in [-0.3, -0.25) is 14.6 Å². The summed E-state index contributed by atoms with van der Waals surface area (Å²) in [6.07, 6.45) is 5.48. The summed E-state index contributed by atoms with van der Waals surface area (Å²) < 4.78 is 5.15. The molecule has 8 nitrogen and oxygen atoms in total. The molecular weight excluding hydrogens is 400 g/mol. The average Bonchev–Trinajstić information content (AvgIpc) is 2.77. The summed E-state index contributed by atoms with van der Waals surface area (Å²) in [6, 6.07) is 4.39. The lowest BCUT2D eigenvalue weighted by molar-refractivity contribution is 0.0501. The van der Waals surface area contributed by atoms with Crippen molar-refractivity contribution in [3.05, 3.63) is 52.3 Å². The number of phenolic OH excluding ortho intramolecular Hbond substituents is 2. The van der Waals surface area contributed by atoms with Crippen LogP contribution in [0.3, 0.4) is 0 Å². The van der Waals surface area contributed by atoms with Crippen LogP contribution < -0.4 is 0 Å². The Morgan fingerprint density at radius 1 is 1.23 bits per heavy atom. The number of aromatic hydroxyl groups is 2. The fraction of sp³-hybridized carbons (Fsp3) is 0.435. The third-order valence-corrected chi connectivity index (χ3v) is 5.62. The van der Waals surface area contributed by atoms with E-state index < -0.39 is 0 Å². The minimum atomic E-state index is -0.301. The van der Waals surface area contributed by atoms with Crippen molar-refractivity contribution in [2.24, 2.45) is 0 Å². The number of ether oxygens (including phenoxy) is 1. The number of carbonyl (C=O) groups is 2. The van der Waals surface area contributed by atoms with E-state index in [1.54, 1.807) is 24.3 Å². The summed E-state index contributed by atoms with van der Waals surface area (Å²) in [5, 5.41) is 29.6. The number of hydrogen-bond acceptors (Lipinski definition) is 7. The van der Waals surface area contributed by atoms with Gasteiger partial charge in [-0.2, -0.15) is 0 Å². The van der Waals surface area contributed by atoms with Gasteiger partial charge in [0.05, 0.1) is 36.1 Å². The third-order valence-electron chi connectivity index (χ3n) is 5.62. The number of phenols is 2. The second-order valence-corrected chi connectivity index (χ2v) is 7.75. The van der Waals surface area contributed by atoms with Crippen molar-refractivity contribution < 1.29 is 29.6 Å². The van der Waals surface area contributed by atoms with Gasteiger partial charge < -0.3 is 25.0 Å². The van der Waals surface area contributed by atoms with Gasteiger partial charge in [-0.15, -0.1) is 0 Å². The summed E-state index contributed by atoms with van der Waals surface area (Å²) in [5.41, 5.74) is 2.23. The number of hydrogen-bond donors (Lipinski definition) is 3. The van der Waals surface area contributed by atoms with Crippen LogP contribution in [0.5, 0.6) is 11.5 Å². The van der Waals surface area contributed by atoms with Gasteiger partial charge in [-0.1, -0.05) is 0 Å². The number of aliphatic hydroxyl groups is 1. The van der Waals surface area contributed by atoms with E-state index in [1.165, 1.54) is 12.1 Å². The lowest BCUT2D eigenvalue weighted by atomic mass is 9.98. The van der Waals surface area contributed by atoms with Gasteiger partial charge in [-0.05, 0) is 55.0 Å². The zero-order chi connectivity index (χ0) is 22.4. The zero-order valence-corrected chi connectivity index (χ0v) is 17.6. The fourth-order valence-electron chi connectivity index (χ4n) is 3.97. The molecule has 2 aromatic rings. The molecule has 3 N–H and O–H groups in total. The second-order valence-electron chi connectivity index (χ2n) is 7.75. The molecular formula is C23H28N2O6. The summed E-state index contributed by atoms with van der Waals surface area (Å²) in [7, 11) is 1.59. The van der Waals surface area contributed by atoms with Crippen molar-refractivity contribution in [1.29, 1.82) is 0 Å². The molecule has 1 fully saturated rings. The Hall–Kier alpha value is -2.97. The fourth-order valence-corrected chi connectivity index (χ4v) is 3.97. The summed E-state index contributed by atoms with van der Waals surface area (Å²) in [6.45, 7) is 0.936. The first-order valence-electron chi connectivity index (χ1n) is 10.4. The number of piperidine rings is 1. The molecule has 0 unspecified atom stereocenters. The highest BCUT2D eigenvalue weighted by Crippen LogP contribution is 2.29. The van der Waals surface area contributed by atoms with E-state index in [9.17, 15) is 24.9 Å². The first-order chi connectivity index (χ1) is 15.0. The molecule has 166 valence electrons. The van der Waals surface area contributed by atoms with Gasteiger partial charge in [0.25, 0.3) is 5.91 Å². The van der Waals surface area contributed by atoms with Gasteiger partial charge in [0, 0.05) is 26.3 Å². The Bertz CT molecular complexity index is 923. The van der Waals surface area contributed by atoms with Crippen molar-refractivity contribution in [3.63, 3.8) is 0 Å². The third kappa shape index (κ3) is 5.21. The van der Waals surface area contributed by atoms with Crippen molar-refractivity contribution in [2.75, 3.05) is 26.9 Å². The number of benzene rings is 1. The van der Waals surface area contributed by atoms with Crippen LogP contribution in [0.15, 0.2) is 24.4 Å². The lowest BCUT2D eigenvalue weighted by Gasteiger charge is -2.35. The van der Waals surface area contributed by atoms with Crippen molar-refractivity contribution in [3.8, 4) is 11.5 Å². The molecule has 2 heterocycles. The number of aldehydes is 1. The van der Waals surface area contributed by atoms with Crippen molar-refractivity contribution in [2.45, 2.75) is 38.1 Å². The first kappa shape index (κ1) is 22.7. The van der Waals surface area contributed by atoms with Gasteiger partial charge in [-0.25, -0.2) is 0 Å². The molecule has 0 saturated carbocycles. The maximum absolute atomic E-state index is 13.4. The molecule has 8 heteroatoms. The van der Waals surface area contributed by atoms with Crippen LogP contribution in [-0.4, -0.2) is 70.3 Å². The van der Waals surface area contributed by atoms with Crippen molar-refractivity contribution in [1.82, 2.24) is 9.88 Å². The molecule has 1 saturated heterocycles. The highest BCUT2D eigenvalue weighted by Gasteiger charge is 2.28. The molecule has 3 rings (SSSR count). The summed E-state index contributed by atoms with van der Waals surface area (Å²) in [5.74, 6) is -0.767. The molecule has 0 aliphatic carbocycles. The number of rotatable bonds is 8. The molecule has 1 amide bonds. The number of aromatic nitrogens is 1. The topological polar surface area (TPSA) is 120 Å². The van der Waals surface area contributed by atoms with Crippen LogP contribution >= 0.6 is 0 Å². The zero-order valence-electron chi connectivity index (χ0n) is 17.6. The standard InChI is InChI=1S/C23H28N2O6/c1-31-7-5-20-18(23(30)25-6-3-2-4-17(25)13-26)9-16(12-24-20)8-15-10-21(28)19(14-27)22(29)11-15/h9-12,14,17,26,28-29H,2-8,13H2,1H3/t17-/m0/s1. The molecule has 1 aromatic carbocycles. The van der Waals surface area contributed by atoms with E-state index in [4.69, 9.17) is 4.74 Å². The Kier molecular flexibility index (Phi) is 7.59. The van der Waals surface area contributed by atoms with E-state index in [2.05, 4.69) is 4.98 Å². The number of likely N-dealkylation sites (tertiary alicyclic amines) is 1. The number of pyridine rings is 1. The van der Waals surface area contributed by atoms with Crippen LogP contribution in [-0.2, 0) is 17.6 Å². The van der Waals surface area contributed by atoms with Gasteiger partial charge in [0.15, 0.2) is 6.29 Å². The maximum Gasteiger partial charge on any atom is 0.256 e. The van der Waals surface area contributed by atoms with Crippen LogP contribution in [0, 0.1) is 0 Å². The van der Waals surface area contributed by atoms with Crippen LogP contribution in [0.25, 0.3) is 0 Å². The molecule has 1 atom stereocenters. The van der Waals surface area contributed by atoms with E-state index >= 15 is 0 Å². The number of amides is 1.